The van der Waals surface area contributed by atoms with E-state index in [1.54, 1.807) is 55.5 Å². The Morgan fingerprint density at radius 2 is 1.60 bits per heavy atom. The number of fused-ring (bicyclic) bond motifs is 1. The lowest BCUT2D eigenvalue weighted by Crippen LogP contribution is -2.22. The lowest BCUT2D eigenvalue weighted by atomic mass is 10.1. The summed E-state index contributed by atoms with van der Waals surface area (Å²) in [6.45, 7) is 6.92. The fraction of sp³-hybridized carbons (Fsp3) is 0.192. The highest BCUT2D eigenvalue weighted by Gasteiger charge is 2.22. The predicted octanol–water partition coefficient (Wildman–Crippen LogP) is 5.41. The minimum atomic E-state index is -0.547. The highest BCUT2D eigenvalue weighted by Crippen LogP contribution is 2.32. The fourth-order valence-electron chi connectivity index (χ4n) is 3.39. The van der Waals surface area contributed by atoms with Crippen LogP contribution in [0.5, 0.6) is 0 Å². The largest absolute Gasteiger partial charge is 0.443 e. The summed E-state index contributed by atoms with van der Waals surface area (Å²) in [5.74, 6) is 0.396. The Balaban J connectivity index is 1.56. The van der Waals surface area contributed by atoms with Crippen LogP contribution in [0.25, 0.3) is 11.1 Å². The number of carbonyl (C=O) groups is 3. The van der Waals surface area contributed by atoms with Crippen LogP contribution in [0.15, 0.2) is 64.2 Å². The maximum atomic E-state index is 12.8. The first-order valence-electron chi connectivity index (χ1n) is 11.0. The highest BCUT2D eigenvalue weighted by molar-refractivity contribution is 8.00. The van der Waals surface area contributed by atoms with Gasteiger partial charge in [0, 0.05) is 22.4 Å². The molecule has 0 spiro atoms. The van der Waals surface area contributed by atoms with E-state index in [9.17, 15) is 14.4 Å². The van der Waals surface area contributed by atoms with E-state index in [0.29, 0.717) is 44.6 Å². The molecule has 4 rings (SSSR count). The van der Waals surface area contributed by atoms with E-state index in [1.165, 1.54) is 6.92 Å². The number of furan rings is 1. The van der Waals surface area contributed by atoms with Crippen molar-refractivity contribution < 1.29 is 18.8 Å². The first-order chi connectivity index (χ1) is 16.7. The van der Waals surface area contributed by atoms with E-state index in [2.05, 4.69) is 20.6 Å². The number of hydrogen-bond acceptors (Lipinski definition) is 7. The molecule has 1 unspecified atom stereocenters. The van der Waals surface area contributed by atoms with Gasteiger partial charge in [0.25, 0.3) is 5.91 Å². The zero-order valence-electron chi connectivity index (χ0n) is 19.7. The summed E-state index contributed by atoms with van der Waals surface area (Å²) < 4.78 is 5.79. The standard InChI is InChI=1S/C26H24N4O4S/c1-14-16(3)34-25-21(14)22(28-24(33)19-8-6-5-7-9-19)29-26(30-25)35-17(4)23(32)27-20-12-10-18(11-13-20)15(2)31/h5-13,17H,1-4H3,(H,27,32)(H,28,29,30,33). The topological polar surface area (TPSA) is 114 Å². The van der Waals surface area contributed by atoms with Gasteiger partial charge in [-0.2, -0.15) is 4.98 Å². The normalized spacial score (nSPS) is 11.8. The number of rotatable bonds is 7. The number of amides is 2. The molecule has 35 heavy (non-hydrogen) atoms. The summed E-state index contributed by atoms with van der Waals surface area (Å²) in [5, 5.41) is 6.06. The molecule has 0 aliphatic heterocycles. The monoisotopic (exact) mass is 488 g/mol. The summed E-state index contributed by atoms with van der Waals surface area (Å²) >= 11 is 1.15. The molecule has 2 aromatic carbocycles. The Kier molecular flexibility index (Phi) is 6.97. The van der Waals surface area contributed by atoms with Gasteiger partial charge in [-0.15, -0.1) is 0 Å². The van der Waals surface area contributed by atoms with Crippen molar-refractivity contribution >= 4 is 52.0 Å². The molecule has 2 amide bonds. The van der Waals surface area contributed by atoms with Crippen molar-refractivity contribution in [3.63, 3.8) is 0 Å². The summed E-state index contributed by atoms with van der Waals surface area (Å²) in [7, 11) is 0. The molecule has 0 aliphatic carbocycles. The van der Waals surface area contributed by atoms with E-state index < -0.39 is 5.25 Å². The van der Waals surface area contributed by atoms with E-state index in [0.717, 1.165) is 17.3 Å². The van der Waals surface area contributed by atoms with E-state index in [4.69, 9.17) is 4.42 Å². The minimum Gasteiger partial charge on any atom is -0.443 e. The van der Waals surface area contributed by atoms with Crippen LogP contribution in [-0.4, -0.2) is 32.8 Å². The van der Waals surface area contributed by atoms with Gasteiger partial charge in [0.2, 0.25) is 11.6 Å². The molecule has 178 valence electrons. The Labute approximate surface area is 206 Å². The fourth-order valence-corrected chi connectivity index (χ4v) is 4.15. The van der Waals surface area contributed by atoms with Crippen LogP contribution in [0.1, 0.15) is 45.9 Å². The molecule has 2 heterocycles. The zero-order valence-corrected chi connectivity index (χ0v) is 20.5. The molecule has 0 bridgehead atoms. The molecule has 0 fully saturated rings. The van der Waals surface area contributed by atoms with Gasteiger partial charge in [-0.3, -0.25) is 14.4 Å². The van der Waals surface area contributed by atoms with Crippen molar-refractivity contribution in [3.05, 3.63) is 77.0 Å². The molecule has 9 heteroatoms. The lowest BCUT2D eigenvalue weighted by molar-refractivity contribution is -0.115. The van der Waals surface area contributed by atoms with Crippen molar-refractivity contribution in [2.45, 2.75) is 38.1 Å². The van der Waals surface area contributed by atoms with Gasteiger partial charge in [0.15, 0.2) is 10.9 Å². The molecular weight excluding hydrogens is 464 g/mol. The first kappa shape index (κ1) is 24.2. The predicted molar refractivity (Wildman–Crippen MR) is 136 cm³/mol. The third-order valence-electron chi connectivity index (χ3n) is 5.49. The number of aryl methyl sites for hydroxylation is 2. The van der Waals surface area contributed by atoms with Crippen molar-refractivity contribution in [2.24, 2.45) is 0 Å². The van der Waals surface area contributed by atoms with Gasteiger partial charge in [-0.1, -0.05) is 30.0 Å². The van der Waals surface area contributed by atoms with Crippen LogP contribution in [0, 0.1) is 13.8 Å². The number of ketones is 1. The van der Waals surface area contributed by atoms with E-state index in [-0.39, 0.29) is 17.6 Å². The lowest BCUT2D eigenvalue weighted by Gasteiger charge is -2.12. The number of anilines is 2. The van der Waals surface area contributed by atoms with Crippen molar-refractivity contribution in [3.8, 4) is 0 Å². The van der Waals surface area contributed by atoms with Crippen LogP contribution < -0.4 is 10.6 Å². The van der Waals surface area contributed by atoms with Gasteiger partial charge in [-0.25, -0.2) is 4.98 Å². The quantitative estimate of drug-likeness (QED) is 0.203. The molecule has 2 aromatic heterocycles. The summed E-state index contributed by atoms with van der Waals surface area (Å²) in [4.78, 5) is 46.0. The van der Waals surface area contributed by atoms with Crippen molar-refractivity contribution in [1.29, 1.82) is 0 Å². The molecule has 4 aromatic rings. The van der Waals surface area contributed by atoms with Crippen molar-refractivity contribution in [2.75, 3.05) is 10.6 Å². The maximum absolute atomic E-state index is 12.8. The summed E-state index contributed by atoms with van der Waals surface area (Å²) in [6.07, 6.45) is 0. The molecular formula is C26H24N4O4S. The highest BCUT2D eigenvalue weighted by atomic mass is 32.2. The number of Topliss-reactive ketones (excluding diaryl/α,β-unsaturated/α-hetero) is 1. The third kappa shape index (κ3) is 5.41. The number of nitrogens with zero attached hydrogens (tertiary/aromatic N) is 2. The SMILES string of the molecule is CC(=O)c1ccc(NC(=O)C(C)Sc2nc(NC(=O)c3ccccc3)c3c(C)c(C)oc3n2)cc1. The van der Waals surface area contributed by atoms with Gasteiger partial charge < -0.3 is 15.1 Å². The van der Waals surface area contributed by atoms with Gasteiger partial charge >= 0.3 is 0 Å². The molecule has 0 aliphatic rings. The van der Waals surface area contributed by atoms with E-state index >= 15 is 0 Å². The van der Waals surface area contributed by atoms with Gasteiger partial charge in [0.05, 0.1) is 10.6 Å². The van der Waals surface area contributed by atoms with Gasteiger partial charge in [0.1, 0.15) is 11.6 Å². The Hall–Kier alpha value is -3.98. The Morgan fingerprint density at radius 1 is 0.914 bits per heavy atom. The number of nitrogens with one attached hydrogen (secondary N) is 2. The molecule has 0 saturated heterocycles. The molecule has 0 radical (unpaired) electrons. The van der Waals surface area contributed by atoms with Crippen LogP contribution in [0.2, 0.25) is 0 Å². The van der Waals surface area contributed by atoms with Crippen LogP contribution >= 0.6 is 11.8 Å². The van der Waals surface area contributed by atoms with Crippen LogP contribution in [0.4, 0.5) is 11.5 Å². The van der Waals surface area contributed by atoms with Crippen molar-refractivity contribution in [1.82, 2.24) is 9.97 Å². The Morgan fingerprint density at radius 3 is 2.26 bits per heavy atom. The second-order valence-electron chi connectivity index (χ2n) is 8.02. The molecule has 0 saturated carbocycles. The number of hydrogen-bond donors (Lipinski definition) is 2. The second-order valence-corrected chi connectivity index (χ2v) is 9.33. The van der Waals surface area contributed by atoms with E-state index in [1.807, 2.05) is 19.9 Å². The average Bonchev–Trinajstić information content (AvgIpc) is 3.13. The smallest absolute Gasteiger partial charge is 0.256 e. The van der Waals surface area contributed by atoms with Crippen LogP contribution in [0.3, 0.4) is 0 Å². The summed E-state index contributed by atoms with van der Waals surface area (Å²) in [6, 6.07) is 15.5. The molecule has 1 atom stereocenters. The number of carbonyl (C=O) groups excluding carboxylic acids is 3. The number of aromatic nitrogens is 2. The van der Waals surface area contributed by atoms with Gasteiger partial charge in [-0.05, 0) is 64.1 Å². The molecule has 8 nitrogen and oxygen atoms in total. The number of benzene rings is 2. The molecule has 2 N–H and O–H groups in total. The minimum absolute atomic E-state index is 0.0436. The second kappa shape index (κ2) is 10.1. The Bertz CT molecular complexity index is 1420. The maximum Gasteiger partial charge on any atom is 0.256 e. The third-order valence-corrected chi connectivity index (χ3v) is 6.45. The zero-order chi connectivity index (χ0) is 25.1. The number of thioether (sulfide) groups is 1. The average molecular weight is 489 g/mol. The summed E-state index contributed by atoms with van der Waals surface area (Å²) in [5.41, 5.74) is 2.82. The van der Waals surface area contributed by atoms with Crippen LogP contribution in [-0.2, 0) is 4.79 Å². The first-order valence-corrected chi connectivity index (χ1v) is 11.8.